The summed E-state index contributed by atoms with van der Waals surface area (Å²) in [5.74, 6) is 1.67. The van der Waals surface area contributed by atoms with Gasteiger partial charge in [0.15, 0.2) is 0 Å². The summed E-state index contributed by atoms with van der Waals surface area (Å²) in [4.78, 5) is 6.57. The Kier molecular flexibility index (Phi) is 4.71. The van der Waals surface area contributed by atoms with Gasteiger partial charge in [-0.1, -0.05) is 12.1 Å². The van der Waals surface area contributed by atoms with Crippen LogP contribution in [0.5, 0.6) is 11.5 Å². The first-order chi connectivity index (χ1) is 10.7. The van der Waals surface area contributed by atoms with Gasteiger partial charge in [0.1, 0.15) is 11.5 Å². The molecule has 116 valence electrons. The molecule has 4 nitrogen and oxygen atoms in total. The van der Waals surface area contributed by atoms with Gasteiger partial charge in [0.05, 0.1) is 6.20 Å². The lowest BCUT2D eigenvalue weighted by Crippen LogP contribution is -2.48. The number of pyridine rings is 1. The number of piperazine rings is 1. The van der Waals surface area contributed by atoms with Gasteiger partial charge in [0.2, 0.25) is 0 Å². The van der Waals surface area contributed by atoms with E-state index in [9.17, 15) is 0 Å². The van der Waals surface area contributed by atoms with Crippen molar-refractivity contribution in [3.05, 3.63) is 53.9 Å². The quantitative estimate of drug-likeness (QED) is 0.941. The van der Waals surface area contributed by atoms with E-state index in [4.69, 9.17) is 4.74 Å². The van der Waals surface area contributed by atoms with Crippen LogP contribution in [0.4, 0.5) is 0 Å². The van der Waals surface area contributed by atoms with Crippen molar-refractivity contribution in [1.82, 2.24) is 15.2 Å². The van der Waals surface area contributed by atoms with Gasteiger partial charge in [-0.15, -0.1) is 0 Å². The predicted octanol–water partition coefficient (Wildman–Crippen LogP) is 2.98. The first-order valence-corrected chi connectivity index (χ1v) is 7.84. The molecule has 2 aromatic rings. The number of rotatable bonds is 4. The standard InChI is InChI=1S/C18H23N3O/c1-14-10-16(13-21-9-8-20-15(2)12-21)5-6-18(14)22-17-4-3-7-19-11-17/h3-7,10-11,15,20H,8-9,12-13H2,1-2H3. The van der Waals surface area contributed by atoms with Crippen molar-refractivity contribution < 1.29 is 4.74 Å². The molecule has 1 N–H and O–H groups in total. The molecule has 1 unspecified atom stereocenters. The molecule has 0 saturated carbocycles. The largest absolute Gasteiger partial charge is 0.455 e. The molecule has 1 fully saturated rings. The summed E-state index contributed by atoms with van der Waals surface area (Å²) < 4.78 is 5.89. The summed E-state index contributed by atoms with van der Waals surface area (Å²) in [5.41, 5.74) is 2.50. The summed E-state index contributed by atoms with van der Waals surface area (Å²) in [6.45, 7) is 8.62. The lowest BCUT2D eigenvalue weighted by molar-refractivity contribution is 0.199. The lowest BCUT2D eigenvalue weighted by Gasteiger charge is -2.31. The van der Waals surface area contributed by atoms with Crippen molar-refractivity contribution in [1.29, 1.82) is 0 Å². The SMILES string of the molecule is Cc1cc(CN2CCNC(C)C2)ccc1Oc1cccnc1. The molecule has 0 bridgehead atoms. The van der Waals surface area contributed by atoms with Crippen molar-refractivity contribution in [2.24, 2.45) is 0 Å². The van der Waals surface area contributed by atoms with Crippen LogP contribution in [0, 0.1) is 6.92 Å². The first-order valence-electron chi connectivity index (χ1n) is 7.84. The van der Waals surface area contributed by atoms with Crippen LogP contribution in [0.15, 0.2) is 42.7 Å². The summed E-state index contributed by atoms with van der Waals surface area (Å²) in [5, 5.41) is 3.48. The molecule has 0 spiro atoms. The van der Waals surface area contributed by atoms with Gasteiger partial charge >= 0.3 is 0 Å². The Morgan fingerprint density at radius 3 is 3.00 bits per heavy atom. The minimum atomic E-state index is 0.572. The third-order valence-corrected chi connectivity index (χ3v) is 3.96. The van der Waals surface area contributed by atoms with E-state index < -0.39 is 0 Å². The zero-order valence-electron chi connectivity index (χ0n) is 13.2. The van der Waals surface area contributed by atoms with Gasteiger partial charge in [-0.3, -0.25) is 9.88 Å². The van der Waals surface area contributed by atoms with Crippen LogP contribution < -0.4 is 10.1 Å². The molecule has 3 rings (SSSR count). The first kappa shape index (κ1) is 15.0. The molecule has 2 heterocycles. The predicted molar refractivity (Wildman–Crippen MR) is 88.2 cm³/mol. The van der Waals surface area contributed by atoms with Crippen molar-refractivity contribution in [3.8, 4) is 11.5 Å². The highest BCUT2D eigenvalue weighted by molar-refractivity contribution is 5.39. The van der Waals surface area contributed by atoms with Crippen LogP contribution >= 0.6 is 0 Å². The summed E-state index contributed by atoms with van der Waals surface area (Å²) in [7, 11) is 0. The van der Waals surface area contributed by atoms with E-state index >= 15 is 0 Å². The molecule has 1 aromatic carbocycles. The highest BCUT2D eigenvalue weighted by Gasteiger charge is 2.15. The number of nitrogens with zero attached hydrogens (tertiary/aromatic N) is 2. The molecule has 0 aliphatic carbocycles. The fraction of sp³-hybridized carbons (Fsp3) is 0.389. The Bertz CT molecular complexity index is 615. The number of aryl methyl sites for hydroxylation is 1. The number of nitrogens with one attached hydrogen (secondary N) is 1. The van der Waals surface area contributed by atoms with Gasteiger partial charge in [-0.25, -0.2) is 0 Å². The van der Waals surface area contributed by atoms with Crippen molar-refractivity contribution in [2.75, 3.05) is 19.6 Å². The smallest absolute Gasteiger partial charge is 0.145 e. The zero-order chi connectivity index (χ0) is 15.4. The minimum absolute atomic E-state index is 0.572. The van der Waals surface area contributed by atoms with Gasteiger partial charge in [0.25, 0.3) is 0 Å². The van der Waals surface area contributed by atoms with E-state index in [-0.39, 0.29) is 0 Å². The van der Waals surface area contributed by atoms with Crippen LogP contribution in [-0.2, 0) is 6.54 Å². The Hall–Kier alpha value is -1.91. The van der Waals surface area contributed by atoms with Gasteiger partial charge < -0.3 is 10.1 Å². The topological polar surface area (TPSA) is 37.4 Å². The molecular weight excluding hydrogens is 274 g/mol. The number of benzene rings is 1. The normalized spacial score (nSPS) is 19.1. The number of hydrogen-bond acceptors (Lipinski definition) is 4. The van der Waals surface area contributed by atoms with Crippen LogP contribution in [-0.4, -0.2) is 35.6 Å². The maximum absolute atomic E-state index is 5.89. The lowest BCUT2D eigenvalue weighted by atomic mass is 10.1. The molecule has 1 aliphatic heterocycles. The van der Waals surface area contributed by atoms with Crippen molar-refractivity contribution in [3.63, 3.8) is 0 Å². The maximum Gasteiger partial charge on any atom is 0.145 e. The second-order valence-electron chi connectivity index (χ2n) is 5.98. The van der Waals surface area contributed by atoms with E-state index in [0.29, 0.717) is 6.04 Å². The molecule has 1 saturated heterocycles. The molecule has 0 amide bonds. The second-order valence-corrected chi connectivity index (χ2v) is 5.98. The zero-order valence-corrected chi connectivity index (χ0v) is 13.2. The molecule has 4 heteroatoms. The Balaban J connectivity index is 1.66. The van der Waals surface area contributed by atoms with Gasteiger partial charge in [-0.05, 0) is 43.2 Å². The van der Waals surface area contributed by atoms with E-state index in [1.165, 1.54) is 5.56 Å². The highest BCUT2D eigenvalue weighted by atomic mass is 16.5. The van der Waals surface area contributed by atoms with E-state index in [2.05, 4.69) is 47.2 Å². The molecule has 1 aliphatic rings. The monoisotopic (exact) mass is 297 g/mol. The Morgan fingerprint density at radius 2 is 2.27 bits per heavy atom. The number of hydrogen-bond donors (Lipinski definition) is 1. The molecule has 22 heavy (non-hydrogen) atoms. The second kappa shape index (κ2) is 6.90. The van der Waals surface area contributed by atoms with Gasteiger partial charge in [0, 0.05) is 38.4 Å². The third-order valence-electron chi connectivity index (χ3n) is 3.96. The average molecular weight is 297 g/mol. The van der Waals surface area contributed by atoms with E-state index in [0.717, 1.165) is 43.2 Å². The van der Waals surface area contributed by atoms with E-state index in [1.54, 1.807) is 12.4 Å². The molecule has 1 atom stereocenters. The Labute approximate surface area is 132 Å². The number of aromatic nitrogens is 1. The van der Waals surface area contributed by atoms with Gasteiger partial charge in [-0.2, -0.15) is 0 Å². The molecular formula is C18H23N3O. The summed E-state index contributed by atoms with van der Waals surface area (Å²) in [6, 6.07) is 10.8. The molecule has 1 aromatic heterocycles. The van der Waals surface area contributed by atoms with Crippen molar-refractivity contribution in [2.45, 2.75) is 26.4 Å². The van der Waals surface area contributed by atoms with Crippen molar-refractivity contribution >= 4 is 0 Å². The third kappa shape index (κ3) is 3.84. The van der Waals surface area contributed by atoms with E-state index in [1.807, 2.05) is 12.1 Å². The fourth-order valence-corrected chi connectivity index (χ4v) is 2.87. The Morgan fingerprint density at radius 1 is 1.36 bits per heavy atom. The van der Waals surface area contributed by atoms with Crippen LogP contribution in [0.25, 0.3) is 0 Å². The highest BCUT2D eigenvalue weighted by Crippen LogP contribution is 2.25. The summed E-state index contributed by atoms with van der Waals surface area (Å²) in [6.07, 6.45) is 3.48. The van der Waals surface area contributed by atoms with Crippen LogP contribution in [0.3, 0.4) is 0 Å². The fourth-order valence-electron chi connectivity index (χ4n) is 2.87. The minimum Gasteiger partial charge on any atom is -0.455 e. The molecule has 0 radical (unpaired) electrons. The van der Waals surface area contributed by atoms with Crippen LogP contribution in [0.1, 0.15) is 18.1 Å². The van der Waals surface area contributed by atoms with Crippen LogP contribution in [0.2, 0.25) is 0 Å². The average Bonchev–Trinajstić information content (AvgIpc) is 2.51. The maximum atomic E-state index is 5.89. The summed E-state index contributed by atoms with van der Waals surface area (Å²) >= 11 is 0. The number of ether oxygens (including phenoxy) is 1.